The van der Waals surface area contributed by atoms with Crippen LogP contribution in [0.4, 0.5) is 0 Å². The summed E-state index contributed by atoms with van der Waals surface area (Å²) in [7, 11) is -3.62. The zero-order valence-electron chi connectivity index (χ0n) is 20.6. The fourth-order valence-corrected chi connectivity index (χ4v) is 6.03. The van der Waals surface area contributed by atoms with Gasteiger partial charge < -0.3 is 14.7 Å². The summed E-state index contributed by atoms with van der Waals surface area (Å²) in [5.41, 5.74) is 1.32. The SMILES string of the molecule is CC[C@@H](CS(=O)(=O)C(C)(C)C)N1C(=O)[C@H](CC(=O)O)OC(c2cccc(Cl)c2)C1c1ccc(Cl)cc1. The van der Waals surface area contributed by atoms with E-state index in [0.717, 1.165) is 0 Å². The molecule has 1 saturated heterocycles. The molecule has 2 aromatic carbocycles. The van der Waals surface area contributed by atoms with Crippen LogP contribution in [0.2, 0.25) is 10.0 Å². The number of morpholine rings is 1. The third-order valence-electron chi connectivity index (χ3n) is 6.39. The third-order valence-corrected chi connectivity index (χ3v) is 9.56. The van der Waals surface area contributed by atoms with Crippen molar-refractivity contribution in [3.8, 4) is 0 Å². The topological polar surface area (TPSA) is 101 Å². The van der Waals surface area contributed by atoms with Crippen LogP contribution in [0, 0.1) is 0 Å². The van der Waals surface area contributed by atoms with E-state index in [9.17, 15) is 23.1 Å². The van der Waals surface area contributed by atoms with Gasteiger partial charge in [0.25, 0.3) is 5.91 Å². The summed E-state index contributed by atoms with van der Waals surface area (Å²) >= 11 is 12.4. The average Bonchev–Trinajstić information content (AvgIpc) is 2.78. The number of rotatable bonds is 8. The fraction of sp³-hybridized carbons (Fsp3) is 0.462. The summed E-state index contributed by atoms with van der Waals surface area (Å²) < 4.78 is 31.6. The number of ether oxygens (including phenoxy) is 1. The Morgan fingerprint density at radius 3 is 2.25 bits per heavy atom. The monoisotopic (exact) mass is 555 g/mol. The first kappa shape index (κ1) is 28.4. The van der Waals surface area contributed by atoms with Gasteiger partial charge in [-0.15, -0.1) is 0 Å². The van der Waals surface area contributed by atoms with Crippen LogP contribution in [0.1, 0.15) is 63.8 Å². The van der Waals surface area contributed by atoms with E-state index in [2.05, 4.69) is 0 Å². The number of carbonyl (C=O) groups excluding carboxylic acids is 1. The highest BCUT2D eigenvalue weighted by atomic mass is 35.5. The maximum Gasteiger partial charge on any atom is 0.306 e. The van der Waals surface area contributed by atoms with Crippen LogP contribution in [0.3, 0.4) is 0 Å². The number of carbonyl (C=O) groups is 2. The maximum absolute atomic E-state index is 13.8. The molecule has 0 aliphatic carbocycles. The smallest absolute Gasteiger partial charge is 0.306 e. The van der Waals surface area contributed by atoms with Crippen molar-refractivity contribution in [3.63, 3.8) is 0 Å². The van der Waals surface area contributed by atoms with Crippen LogP contribution < -0.4 is 0 Å². The van der Waals surface area contributed by atoms with Gasteiger partial charge in [0.15, 0.2) is 9.84 Å². The van der Waals surface area contributed by atoms with Gasteiger partial charge in [-0.1, -0.05) is 54.4 Å². The zero-order valence-corrected chi connectivity index (χ0v) is 23.0. The van der Waals surface area contributed by atoms with Crippen molar-refractivity contribution in [3.05, 3.63) is 69.7 Å². The number of hydrogen-bond acceptors (Lipinski definition) is 5. The molecule has 7 nitrogen and oxygen atoms in total. The second kappa shape index (κ2) is 11.1. The van der Waals surface area contributed by atoms with Crippen molar-refractivity contribution in [2.24, 2.45) is 0 Å². The van der Waals surface area contributed by atoms with Gasteiger partial charge in [-0.25, -0.2) is 8.42 Å². The average molecular weight is 557 g/mol. The van der Waals surface area contributed by atoms with Gasteiger partial charge in [-0.05, 0) is 62.6 Å². The fourth-order valence-electron chi connectivity index (χ4n) is 4.30. The summed E-state index contributed by atoms with van der Waals surface area (Å²) in [5, 5.41) is 10.4. The summed E-state index contributed by atoms with van der Waals surface area (Å²) in [6.07, 6.45) is -2.30. The van der Waals surface area contributed by atoms with Crippen LogP contribution in [-0.2, 0) is 24.2 Å². The Hall–Kier alpha value is -2.13. The Morgan fingerprint density at radius 1 is 1.08 bits per heavy atom. The van der Waals surface area contributed by atoms with E-state index in [1.807, 2.05) is 6.92 Å². The minimum absolute atomic E-state index is 0.273. The summed E-state index contributed by atoms with van der Waals surface area (Å²) in [6, 6.07) is 12.4. The second-order valence-corrected chi connectivity index (χ2v) is 13.6. The molecule has 0 aromatic heterocycles. The normalized spacial score (nSPS) is 21.9. The molecule has 36 heavy (non-hydrogen) atoms. The zero-order chi connectivity index (χ0) is 26.8. The van der Waals surface area contributed by atoms with E-state index >= 15 is 0 Å². The first-order valence-corrected chi connectivity index (χ1v) is 14.1. The second-order valence-electron chi connectivity index (χ2n) is 9.90. The van der Waals surface area contributed by atoms with E-state index in [4.69, 9.17) is 27.9 Å². The third kappa shape index (κ3) is 6.22. The minimum Gasteiger partial charge on any atom is -0.481 e. The molecule has 1 aliphatic heterocycles. The van der Waals surface area contributed by atoms with Crippen LogP contribution >= 0.6 is 23.2 Å². The number of hydrogen-bond donors (Lipinski definition) is 1. The molecule has 10 heteroatoms. The first-order chi connectivity index (χ1) is 16.7. The molecule has 1 aliphatic rings. The summed E-state index contributed by atoms with van der Waals surface area (Å²) in [4.78, 5) is 26.9. The molecule has 4 atom stereocenters. The molecule has 2 unspecified atom stereocenters. The van der Waals surface area contributed by atoms with Crippen molar-refractivity contribution >= 4 is 44.9 Å². The molecule has 1 fully saturated rings. The van der Waals surface area contributed by atoms with Gasteiger partial charge in [-0.3, -0.25) is 9.59 Å². The number of nitrogens with zero attached hydrogens (tertiary/aromatic N) is 1. The molecule has 3 rings (SSSR count). The minimum atomic E-state index is -3.62. The Balaban J connectivity index is 2.21. The lowest BCUT2D eigenvalue weighted by atomic mass is 9.89. The number of aliphatic carboxylic acids is 1. The maximum atomic E-state index is 13.8. The quantitative estimate of drug-likeness (QED) is 0.463. The lowest BCUT2D eigenvalue weighted by Crippen LogP contribution is -2.57. The predicted molar refractivity (Wildman–Crippen MR) is 140 cm³/mol. The van der Waals surface area contributed by atoms with E-state index in [1.54, 1.807) is 69.3 Å². The molecule has 0 bridgehead atoms. The molecule has 0 spiro atoms. The molecule has 1 heterocycles. The molecule has 1 amide bonds. The van der Waals surface area contributed by atoms with E-state index in [1.165, 1.54) is 4.90 Å². The molecule has 1 N–H and O–H groups in total. The van der Waals surface area contributed by atoms with Gasteiger partial charge in [0.2, 0.25) is 0 Å². The molecule has 2 aromatic rings. The van der Waals surface area contributed by atoms with Crippen molar-refractivity contribution < 1.29 is 27.9 Å². The number of halogens is 2. The van der Waals surface area contributed by atoms with Gasteiger partial charge in [0.1, 0.15) is 12.2 Å². The Bertz CT molecular complexity index is 1210. The van der Waals surface area contributed by atoms with E-state index in [-0.39, 0.29) is 5.75 Å². The highest BCUT2D eigenvalue weighted by Crippen LogP contribution is 2.45. The summed E-state index contributed by atoms with van der Waals surface area (Å²) in [6.45, 7) is 6.67. The Morgan fingerprint density at radius 2 is 1.72 bits per heavy atom. The van der Waals surface area contributed by atoms with Crippen molar-refractivity contribution in [1.29, 1.82) is 0 Å². The van der Waals surface area contributed by atoms with Crippen LogP contribution in [-0.4, -0.2) is 52.9 Å². The van der Waals surface area contributed by atoms with Crippen molar-refractivity contribution in [1.82, 2.24) is 4.90 Å². The predicted octanol–water partition coefficient (Wildman–Crippen LogP) is 5.47. The van der Waals surface area contributed by atoms with Gasteiger partial charge in [-0.2, -0.15) is 0 Å². The largest absolute Gasteiger partial charge is 0.481 e. The van der Waals surface area contributed by atoms with Crippen LogP contribution in [0.25, 0.3) is 0 Å². The van der Waals surface area contributed by atoms with E-state index < -0.39 is 57.2 Å². The molecule has 196 valence electrons. The number of amides is 1. The van der Waals surface area contributed by atoms with Gasteiger partial charge >= 0.3 is 5.97 Å². The van der Waals surface area contributed by atoms with Gasteiger partial charge in [0.05, 0.1) is 23.0 Å². The molecule has 0 saturated carbocycles. The molecule has 0 radical (unpaired) electrons. The van der Waals surface area contributed by atoms with Crippen LogP contribution in [0.5, 0.6) is 0 Å². The number of sulfone groups is 1. The van der Waals surface area contributed by atoms with E-state index in [0.29, 0.717) is 27.6 Å². The Labute approximate surface area is 222 Å². The summed E-state index contributed by atoms with van der Waals surface area (Å²) in [5.74, 6) is -2.03. The number of carboxylic acid groups (broad SMARTS) is 1. The van der Waals surface area contributed by atoms with Gasteiger partial charge in [0, 0.05) is 16.1 Å². The van der Waals surface area contributed by atoms with Crippen molar-refractivity contribution in [2.75, 3.05) is 5.75 Å². The molecular weight excluding hydrogens is 525 g/mol. The number of carboxylic acids is 1. The number of benzene rings is 2. The standard InChI is InChI=1S/C26H31Cl2NO6S/c1-5-20(15-36(33,34)26(2,3)4)29-23(16-9-11-18(27)12-10-16)24(17-7-6-8-19(28)13-17)35-21(25(29)32)14-22(30)31/h6-13,20-21,23-24H,5,14-15H2,1-4H3,(H,30,31)/t20-,21-,23?,24?/m0/s1. The highest BCUT2D eigenvalue weighted by Gasteiger charge is 2.48. The first-order valence-electron chi connectivity index (χ1n) is 11.7. The van der Waals surface area contributed by atoms with Crippen molar-refractivity contribution in [2.45, 2.75) is 69.6 Å². The van der Waals surface area contributed by atoms with Crippen LogP contribution in [0.15, 0.2) is 48.5 Å². The highest BCUT2D eigenvalue weighted by molar-refractivity contribution is 7.92. The molecular formula is C26H31Cl2NO6S. The lowest BCUT2D eigenvalue weighted by molar-refractivity contribution is -0.182. The lowest BCUT2D eigenvalue weighted by Gasteiger charge is -2.48. The Kier molecular flexibility index (Phi) is 8.76.